The number of nitrogens with one attached hydrogen (secondary N) is 1. The summed E-state index contributed by atoms with van der Waals surface area (Å²) in [5.74, 6) is 2.70. The van der Waals surface area contributed by atoms with Crippen LogP contribution < -0.4 is 5.32 Å². The van der Waals surface area contributed by atoms with Gasteiger partial charge in [0.1, 0.15) is 8.24 Å². The van der Waals surface area contributed by atoms with E-state index in [1.54, 1.807) is 0 Å². The van der Waals surface area contributed by atoms with Gasteiger partial charge in [0.25, 0.3) is 0 Å². The Kier molecular flexibility index (Phi) is 3.89. The van der Waals surface area contributed by atoms with Crippen molar-refractivity contribution in [2.24, 2.45) is 23.7 Å². The predicted molar refractivity (Wildman–Crippen MR) is 112 cm³/mol. The molecule has 0 aromatic rings. The third kappa shape index (κ3) is 2.30. The van der Waals surface area contributed by atoms with Crippen LogP contribution in [0, 0.1) is 23.7 Å². The fourth-order valence-corrected chi connectivity index (χ4v) is 11.6. The topological polar surface area (TPSA) is 15.3 Å². The van der Waals surface area contributed by atoms with Crippen LogP contribution in [0.1, 0.15) is 6.92 Å². The van der Waals surface area contributed by atoms with Gasteiger partial charge in [-0.3, -0.25) is 5.32 Å². The van der Waals surface area contributed by atoms with Crippen LogP contribution in [0.3, 0.4) is 0 Å². The molecule has 4 aliphatic carbocycles. The molecule has 0 aromatic carbocycles. The van der Waals surface area contributed by atoms with E-state index in [2.05, 4.69) is 103 Å². The first-order valence-electron chi connectivity index (χ1n) is 10.2. The number of hydrogen-bond acceptors (Lipinski definition) is 2. The van der Waals surface area contributed by atoms with Gasteiger partial charge < -0.3 is 4.57 Å². The molecule has 1 saturated heterocycles. The molecule has 136 valence electrons. The van der Waals surface area contributed by atoms with Crippen molar-refractivity contribution in [3.05, 3.63) is 72.9 Å². The average Bonchev–Trinajstić information content (AvgIpc) is 3.16. The van der Waals surface area contributed by atoms with Gasteiger partial charge in [0, 0.05) is 12.1 Å². The van der Waals surface area contributed by atoms with Gasteiger partial charge in [0.05, 0.1) is 6.17 Å². The molecule has 2 nitrogen and oxygen atoms in total. The molecule has 1 heterocycles. The van der Waals surface area contributed by atoms with E-state index >= 15 is 0 Å². The molecule has 2 fully saturated rings. The summed E-state index contributed by atoms with van der Waals surface area (Å²) in [7, 11) is -1.71. The third-order valence-electron chi connectivity index (χ3n) is 7.48. The lowest BCUT2D eigenvalue weighted by Crippen LogP contribution is -2.59. The molecule has 1 aliphatic heterocycles. The summed E-state index contributed by atoms with van der Waals surface area (Å²) in [5, 5.41) is 3.84. The van der Waals surface area contributed by atoms with Gasteiger partial charge in [0.2, 0.25) is 0 Å². The van der Waals surface area contributed by atoms with Gasteiger partial charge >= 0.3 is 0 Å². The highest BCUT2D eigenvalue weighted by atomic mass is 28.3. The van der Waals surface area contributed by atoms with Crippen molar-refractivity contribution in [1.82, 2.24) is 9.88 Å². The summed E-state index contributed by atoms with van der Waals surface area (Å²) >= 11 is 0. The van der Waals surface area contributed by atoms with E-state index in [9.17, 15) is 0 Å². The van der Waals surface area contributed by atoms with Gasteiger partial charge in [-0.2, -0.15) is 0 Å². The molecule has 0 amide bonds. The average molecular weight is 363 g/mol. The van der Waals surface area contributed by atoms with Crippen molar-refractivity contribution >= 4 is 8.24 Å². The second-order valence-electron chi connectivity index (χ2n) is 9.06. The maximum Gasteiger partial charge on any atom is 0.129 e. The largest absolute Gasteiger partial charge is 0.301 e. The quantitative estimate of drug-likeness (QED) is 0.732. The van der Waals surface area contributed by atoms with Crippen molar-refractivity contribution < 1.29 is 0 Å². The first kappa shape index (κ1) is 16.7. The SMILES string of the molecule is C[C@H]1NC2C=CC=C[C@H]2N1[Si](C)(C)C1C2C=CC=CC2C2C=CC=CC21. The first-order chi connectivity index (χ1) is 12.6. The van der Waals surface area contributed by atoms with Gasteiger partial charge in [-0.25, -0.2) is 0 Å². The van der Waals surface area contributed by atoms with Crippen molar-refractivity contribution in [3.63, 3.8) is 0 Å². The molecule has 5 aliphatic rings. The van der Waals surface area contributed by atoms with Crippen molar-refractivity contribution in [3.8, 4) is 0 Å². The summed E-state index contributed by atoms with van der Waals surface area (Å²) in [6, 6.07) is 0.985. The highest BCUT2D eigenvalue weighted by Gasteiger charge is 2.58. The molecule has 0 aromatic heterocycles. The summed E-state index contributed by atoms with van der Waals surface area (Å²) in [5.41, 5.74) is 0.752. The smallest absolute Gasteiger partial charge is 0.129 e. The van der Waals surface area contributed by atoms with Gasteiger partial charge in [-0.1, -0.05) is 86.0 Å². The second kappa shape index (κ2) is 6.05. The molecule has 1 N–H and O–H groups in total. The molecular formula is C23H30N2Si. The lowest BCUT2D eigenvalue weighted by atomic mass is 9.83. The van der Waals surface area contributed by atoms with Crippen LogP contribution in [0.2, 0.25) is 18.6 Å². The Morgan fingerprint density at radius 1 is 0.692 bits per heavy atom. The van der Waals surface area contributed by atoms with E-state index in [1.165, 1.54) is 0 Å². The maximum absolute atomic E-state index is 3.84. The van der Waals surface area contributed by atoms with E-state index in [0.717, 1.165) is 5.54 Å². The van der Waals surface area contributed by atoms with Crippen LogP contribution in [-0.2, 0) is 0 Å². The number of fused-ring (bicyclic) bond motifs is 4. The van der Waals surface area contributed by atoms with Crippen LogP contribution in [0.4, 0.5) is 0 Å². The number of nitrogens with zero attached hydrogens (tertiary/aromatic N) is 1. The molecule has 5 rings (SSSR count). The summed E-state index contributed by atoms with van der Waals surface area (Å²) in [6.07, 6.45) is 28.8. The number of allylic oxidation sites excluding steroid dienone is 10. The zero-order valence-electron chi connectivity index (χ0n) is 16.0. The van der Waals surface area contributed by atoms with E-state index in [4.69, 9.17) is 0 Å². The summed E-state index contributed by atoms with van der Waals surface area (Å²) in [4.78, 5) is 0. The summed E-state index contributed by atoms with van der Waals surface area (Å²) < 4.78 is 2.89. The van der Waals surface area contributed by atoms with Crippen LogP contribution >= 0.6 is 0 Å². The Morgan fingerprint density at radius 3 is 1.81 bits per heavy atom. The van der Waals surface area contributed by atoms with Gasteiger partial charge in [0.15, 0.2) is 0 Å². The van der Waals surface area contributed by atoms with E-state index in [1.807, 2.05) is 0 Å². The fraction of sp³-hybridized carbons (Fsp3) is 0.478. The lowest BCUT2D eigenvalue weighted by Gasteiger charge is -2.47. The Bertz CT molecular complexity index is 722. The number of rotatable bonds is 2. The minimum Gasteiger partial charge on any atom is -0.301 e. The van der Waals surface area contributed by atoms with Gasteiger partial charge in [-0.15, -0.1) is 0 Å². The zero-order valence-corrected chi connectivity index (χ0v) is 17.0. The van der Waals surface area contributed by atoms with Crippen molar-refractivity contribution in [2.75, 3.05) is 0 Å². The normalized spacial score (nSPS) is 45.8. The van der Waals surface area contributed by atoms with E-state index in [-0.39, 0.29) is 0 Å². The molecule has 0 radical (unpaired) electrons. The first-order valence-corrected chi connectivity index (χ1v) is 13.2. The predicted octanol–water partition coefficient (Wildman–Crippen LogP) is 4.41. The molecule has 3 heteroatoms. The molecule has 5 unspecified atom stereocenters. The summed E-state index contributed by atoms with van der Waals surface area (Å²) in [6.45, 7) is 7.62. The van der Waals surface area contributed by atoms with Crippen molar-refractivity contribution in [1.29, 1.82) is 0 Å². The monoisotopic (exact) mass is 362 g/mol. The molecule has 26 heavy (non-hydrogen) atoms. The fourth-order valence-electron chi connectivity index (χ4n) is 6.66. The van der Waals surface area contributed by atoms with E-state index in [0.29, 0.717) is 41.9 Å². The molecule has 1 saturated carbocycles. The van der Waals surface area contributed by atoms with Crippen molar-refractivity contribution in [2.45, 2.75) is 43.8 Å². The minimum atomic E-state index is -1.71. The zero-order chi connectivity index (χ0) is 17.9. The molecular weight excluding hydrogens is 332 g/mol. The van der Waals surface area contributed by atoms with Crippen LogP contribution in [0.25, 0.3) is 0 Å². The maximum atomic E-state index is 3.84. The third-order valence-corrected chi connectivity index (χ3v) is 11.9. The highest BCUT2D eigenvalue weighted by Crippen LogP contribution is 2.59. The standard InChI is InChI=1S/C23H30N2Si/c1-16-24-21-14-8-9-15-22(21)25(16)26(2,3)23-19-12-6-4-10-17(19)18-11-5-7-13-20(18)23/h4-24H,1-3H3/t16-,17?,18?,19?,20?,21?,22+,23?/m0/s1. The minimum absolute atomic E-state index is 0.447. The van der Waals surface area contributed by atoms with E-state index < -0.39 is 8.24 Å². The molecule has 0 spiro atoms. The lowest BCUT2D eigenvalue weighted by molar-refractivity contribution is 0.337. The molecule has 7 atom stereocenters. The second-order valence-corrected chi connectivity index (χ2v) is 13.6. The van der Waals surface area contributed by atoms with Crippen LogP contribution in [-0.4, -0.2) is 31.1 Å². The molecule has 0 bridgehead atoms. The van der Waals surface area contributed by atoms with Gasteiger partial charge in [-0.05, 0) is 36.1 Å². The Labute approximate surface area is 158 Å². The Hall–Kier alpha value is -1.42. The highest BCUT2D eigenvalue weighted by molar-refractivity contribution is 6.76. The number of hydrogen-bond donors (Lipinski definition) is 1. The Balaban J connectivity index is 1.55. The van der Waals surface area contributed by atoms with Crippen LogP contribution in [0.15, 0.2) is 72.9 Å². The Morgan fingerprint density at radius 2 is 1.19 bits per heavy atom. The van der Waals surface area contributed by atoms with Crippen LogP contribution in [0.5, 0.6) is 0 Å².